The van der Waals surface area contributed by atoms with Gasteiger partial charge >= 0.3 is 5.97 Å². The van der Waals surface area contributed by atoms with Crippen molar-refractivity contribution in [2.75, 3.05) is 5.32 Å². The predicted octanol–water partition coefficient (Wildman–Crippen LogP) is 5.33. The lowest BCUT2D eigenvalue weighted by molar-refractivity contribution is 0.0697. The third-order valence-corrected chi connectivity index (χ3v) is 6.94. The number of nitrogens with one attached hydrogen (secondary N) is 1. The zero-order valence-corrected chi connectivity index (χ0v) is 14.5. The minimum absolute atomic E-state index is 0.0852. The summed E-state index contributed by atoms with van der Waals surface area (Å²) < 4.78 is 0. The number of benzene rings is 2. The maximum Gasteiger partial charge on any atom is 0.337 e. The van der Waals surface area contributed by atoms with E-state index in [0.717, 1.165) is 16.3 Å². The summed E-state index contributed by atoms with van der Waals surface area (Å²) in [5.74, 6) is 1.44. The van der Waals surface area contributed by atoms with Gasteiger partial charge in [-0.15, -0.1) is 0 Å². The summed E-state index contributed by atoms with van der Waals surface area (Å²) in [6, 6.07) is 13.8. The number of carboxylic acids is 1. The first-order chi connectivity index (χ1) is 12.1. The zero-order chi connectivity index (χ0) is 17.1. The topological polar surface area (TPSA) is 49.3 Å². The molecule has 128 valence electrons. The molecule has 3 nitrogen and oxygen atoms in total. The molecule has 1 heterocycles. The van der Waals surface area contributed by atoms with Crippen molar-refractivity contribution in [3.63, 3.8) is 0 Å². The summed E-state index contributed by atoms with van der Waals surface area (Å²) in [6.45, 7) is 0. The van der Waals surface area contributed by atoms with Gasteiger partial charge in [0.05, 0.1) is 17.3 Å². The highest BCUT2D eigenvalue weighted by Gasteiger charge is 2.54. The molecule has 4 heteroatoms. The largest absolute Gasteiger partial charge is 0.478 e. The van der Waals surface area contributed by atoms with Crippen molar-refractivity contribution >= 4 is 23.3 Å². The normalized spacial score (nSPS) is 32.0. The van der Waals surface area contributed by atoms with E-state index in [1.807, 2.05) is 24.3 Å². The standard InChI is InChI=1S/C21H20ClNO2/c22-16-7-2-1-4-13(16)20-18-12-9-8-11(10-12)17(18)14-5-3-6-15(21(24)25)19(14)23-20/h1-7,11-12,17-18,20,23H,8-10H2,(H,24,25)/t11-,12-,17+,18+,20-/m1/s1. The highest BCUT2D eigenvalue weighted by atomic mass is 35.5. The fraction of sp³-hybridized carbons (Fsp3) is 0.381. The van der Waals surface area contributed by atoms with E-state index >= 15 is 0 Å². The molecule has 2 bridgehead atoms. The summed E-state index contributed by atoms with van der Waals surface area (Å²) in [4.78, 5) is 11.8. The van der Waals surface area contributed by atoms with Crippen LogP contribution in [0.3, 0.4) is 0 Å². The number of hydrogen-bond acceptors (Lipinski definition) is 2. The van der Waals surface area contributed by atoms with Crippen molar-refractivity contribution in [1.82, 2.24) is 0 Å². The molecule has 2 aromatic rings. The van der Waals surface area contributed by atoms with E-state index in [4.69, 9.17) is 11.6 Å². The first-order valence-electron chi connectivity index (χ1n) is 9.02. The Kier molecular flexibility index (Phi) is 3.36. The van der Waals surface area contributed by atoms with E-state index in [1.165, 1.54) is 24.8 Å². The summed E-state index contributed by atoms with van der Waals surface area (Å²) >= 11 is 6.52. The third-order valence-electron chi connectivity index (χ3n) is 6.59. The van der Waals surface area contributed by atoms with Gasteiger partial charge in [-0.05, 0) is 66.2 Å². The highest BCUT2D eigenvalue weighted by Crippen LogP contribution is 2.64. The van der Waals surface area contributed by atoms with Crippen LogP contribution in [0.5, 0.6) is 0 Å². The van der Waals surface area contributed by atoms with Crippen molar-refractivity contribution in [3.05, 3.63) is 64.2 Å². The van der Waals surface area contributed by atoms with Crippen LogP contribution in [0.15, 0.2) is 42.5 Å². The summed E-state index contributed by atoms with van der Waals surface area (Å²) in [5.41, 5.74) is 3.46. The minimum Gasteiger partial charge on any atom is -0.478 e. The van der Waals surface area contributed by atoms with Crippen molar-refractivity contribution in [3.8, 4) is 0 Å². The molecular weight excluding hydrogens is 334 g/mol. The molecule has 0 aromatic heterocycles. The van der Waals surface area contributed by atoms with Crippen molar-refractivity contribution in [1.29, 1.82) is 0 Å². The Morgan fingerprint density at radius 3 is 2.60 bits per heavy atom. The molecule has 0 saturated heterocycles. The first kappa shape index (κ1) is 15.3. The molecular formula is C21H20ClNO2. The number of halogens is 1. The van der Waals surface area contributed by atoms with E-state index in [-0.39, 0.29) is 6.04 Å². The van der Waals surface area contributed by atoms with Gasteiger partial charge in [-0.2, -0.15) is 0 Å². The van der Waals surface area contributed by atoms with Gasteiger partial charge in [0.15, 0.2) is 0 Å². The molecule has 0 spiro atoms. The maximum atomic E-state index is 11.8. The Bertz CT molecular complexity index is 865. The average Bonchev–Trinajstić information content (AvgIpc) is 3.23. The second-order valence-corrected chi connectivity index (χ2v) is 8.06. The van der Waals surface area contributed by atoms with Crippen LogP contribution in [0.25, 0.3) is 0 Å². The van der Waals surface area contributed by atoms with Crippen LogP contribution >= 0.6 is 11.6 Å². The van der Waals surface area contributed by atoms with E-state index in [0.29, 0.717) is 29.2 Å². The number of rotatable bonds is 2. The fourth-order valence-electron chi connectivity index (χ4n) is 5.73. The van der Waals surface area contributed by atoms with Crippen LogP contribution in [0, 0.1) is 17.8 Å². The lowest BCUT2D eigenvalue weighted by Crippen LogP contribution is -2.36. The second-order valence-electron chi connectivity index (χ2n) is 7.65. The Hall–Kier alpha value is -2.00. The Labute approximate surface area is 152 Å². The molecule has 1 aliphatic heterocycles. The van der Waals surface area contributed by atoms with Crippen LogP contribution in [-0.2, 0) is 0 Å². The maximum absolute atomic E-state index is 11.8. The number of hydrogen-bond donors (Lipinski definition) is 2. The van der Waals surface area contributed by atoms with Crippen LogP contribution in [0.2, 0.25) is 5.02 Å². The predicted molar refractivity (Wildman–Crippen MR) is 98.3 cm³/mol. The quantitative estimate of drug-likeness (QED) is 0.766. The van der Waals surface area contributed by atoms with Gasteiger partial charge in [0.25, 0.3) is 0 Å². The molecule has 2 fully saturated rings. The molecule has 25 heavy (non-hydrogen) atoms. The summed E-state index contributed by atoms with van der Waals surface area (Å²) in [5, 5.41) is 14.0. The monoisotopic (exact) mass is 353 g/mol. The summed E-state index contributed by atoms with van der Waals surface area (Å²) in [6.07, 6.45) is 3.80. The van der Waals surface area contributed by atoms with Crippen LogP contribution in [-0.4, -0.2) is 11.1 Å². The number of carboxylic acid groups (broad SMARTS) is 1. The van der Waals surface area contributed by atoms with E-state index < -0.39 is 5.97 Å². The molecule has 3 aliphatic rings. The van der Waals surface area contributed by atoms with E-state index in [2.05, 4.69) is 17.4 Å². The molecule has 5 atom stereocenters. The molecule has 2 aliphatic carbocycles. The second kappa shape index (κ2) is 5.50. The Balaban J connectivity index is 1.70. The van der Waals surface area contributed by atoms with Crippen LogP contribution < -0.4 is 5.32 Å². The zero-order valence-electron chi connectivity index (χ0n) is 13.8. The first-order valence-corrected chi connectivity index (χ1v) is 9.40. The van der Waals surface area contributed by atoms with Gasteiger partial charge in [-0.3, -0.25) is 0 Å². The number of aromatic carboxylic acids is 1. The number of carbonyl (C=O) groups is 1. The van der Waals surface area contributed by atoms with Gasteiger partial charge in [-0.25, -0.2) is 4.79 Å². The molecule has 2 N–H and O–H groups in total. The fourth-order valence-corrected chi connectivity index (χ4v) is 5.98. The van der Waals surface area contributed by atoms with E-state index in [1.54, 1.807) is 6.07 Å². The van der Waals surface area contributed by atoms with Gasteiger partial charge < -0.3 is 10.4 Å². The van der Waals surface area contributed by atoms with Gasteiger partial charge in [0.1, 0.15) is 0 Å². The van der Waals surface area contributed by atoms with Crippen LogP contribution in [0.1, 0.15) is 52.7 Å². The van der Waals surface area contributed by atoms with E-state index in [9.17, 15) is 9.90 Å². The molecule has 0 amide bonds. The van der Waals surface area contributed by atoms with Crippen molar-refractivity contribution in [2.45, 2.75) is 31.2 Å². The number of fused-ring (bicyclic) bond motifs is 7. The van der Waals surface area contributed by atoms with Crippen molar-refractivity contribution in [2.24, 2.45) is 17.8 Å². The molecule has 2 aromatic carbocycles. The number of anilines is 1. The molecule has 0 radical (unpaired) electrons. The molecule has 2 saturated carbocycles. The molecule has 0 unspecified atom stereocenters. The average molecular weight is 354 g/mol. The van der Waals surface area contributed by atoms with Crippen LogP contribution in [0.4, 0.5) is 5.69 Å². The third kappa shape index (κ3) is 2.15. The minimum atomic E-state index is -0.871. The lowest BCUT2D eigenvalue weighted by atomic mass is 9.67. The Morgan fingerprint density at radius 2 is 1.80 bits per heavy atom. The van der Waals surface area contributed by atoms with Gasteiger partial charge in [0, 0.05) is 5.02 Å². The van der Waals surface area contributed by atoms with Crippen molar-refractivity contribution < 1.29 is 9.90 Å². The van der Waals surface area contributed by atoms with Gasteiger partial charge in [0.2, 0.25) is 0 Å². The Morgan fingerprint density at radius 1 is 1.04 bits per heavy atom. The SMILES string of the molecule is O=C(O)c1cccc2c1N[C@H](c1ccccc1Cl)[C@H]1[C@@H]3CC[C@H](C3)[C@@H]21. The lowest BCUT2D eigenvalue weighted by Gasteiger charge is -2.44. The van der Waals surface area contributed by atoms with Gasteiger partial charge in [-0.1, -0.05) is 41.9 Å². The smallest absolute Gasteiger partial charge is 0.337 e. The molecule has 5 rings (SSSR count). The summed E-state index contributed by atoms with van der Waals surface area (Å²) in [7, 11) is 0. The number of para-hydroxylation sites is 1. The highest BCUT2D eigenvalue weighted by molar-refractivity contribution is 6.31.